The van der Waals surface area contributed by atoms with Gasteiger partial charge < -0.3 is 5.32 Å². The lowest BCUT2D eigenvalue weighted by molar-refractivity contribution is 0.101. The Hall–Kier alpha value is -2.65. The summed E-state index contributed by atoms with van der Waals surface area (Å²) in [7, 11) is 0. The summed E-state index contributed by atoms with van der Waals surface area (Å²) in [4.78, 5) is 23.3. The normalized spacial score (nSPS) is 10.7. The number of rotatable bonds is 5. The zero-order valence-corrected chi connectivity index (χ0v) is 14.3. The fourth-order valence-corrected chi connectivity index (χ4v) is 2.37. The van der Waals surface area contributed by atoms with Crippen LogP contribution in [0.1, 0.15) is 23.0 Å². The van der Waals surface area contributed by atoms with Gasteiger partial charge in [0.2, 0.25) is 10.6 Å². The molecule has 25 heavy (non-hydrogen) atoms. The van der Waals surface area contributed by atoms with E-state index in [-0.39, 0.29) is 39.6 Å². The van der Waals surface area contributed by atoms with Crippen molar-refractivity contribution in [3.63, 3.8) is 0 Å². The van der Waals surface area contributed by atoms with Crippen LogP contribution in [0, 0.1) is 5.82 Å². The van der Waals surface area contributed by atoms with Crippen LogP contribution in [0.4, 0.5) is 10.2 Å². The van der Waals surface area contributed by atoms with Gasteiger partial charge in [-0.2, -0.15) is 19.6 Å². The molecule has 0 atom stereocenters. The largest absolute Gasteiger partial charge is 0.364 e. The van der Waals surface area contributed by atoms with Crippen molar-refractivity contribution in [2.24, 2.45) is 0 Å². The van der Waals surface area contributed by atoms with Crippen molar-refractivity contribution in [2.45, 2.75) is 13.5 Å². The van der Waals surface area contributed by atoms with E-state index in [0.717, 1.165) is 5.56 Å². The number of aromatic nitrogens is 6. The van der Waals surface area contributed by atoms with Crippen LogP contribution in [0.2, 0.25) is 10.6 Å². The summed E-state index contributed by atoms with van der Waals surface area (Å²) < 4.78 is 14.2. The van der Waals surface area contributed by atoms with Crippen LogP contribution < -0.4 is 5.32 Å². The summed E-state index contributed by atoms with van der Waals surface area (Å²) in [6.07, 6.45) is 0. The number of carbonyl (C=O) groups is 1. The van der Waals surface area contributed by atoms with Gasteiger partial charge in [0.05, 0.1) is 0 Å². The monoisotopic (exact) mass is 381 g/mol. The molecule has 1 N–H and O–H groups in total. The highest BCUT2D eigenvalue weighted by atomic mass is 35.5. The smallest absolute Gasteiger partial charge is 0.259 e. The Bertz CT molecular complexity index is 909. The Balaban J connectivity index is 1.97. The molecule has 0 aliphatic rings. The first-order chi connectivity index (χ1) is 11.9. The number of carbonyl (C=O) groups excluding carboxylic acids is 1. The molecule has 0 bridgehead atoms. The average Bonchev–Trinajstić information content (AvgIpc) is 2.97. The lowest BCUT2D eigenvalue weighted by Crippen LogP contribution is -2.12. The molecule has 11 heteroatoms. The maximum Gasteiger partial charge on any atom is 0.259 e. The second-order valence-electron chi connectivity index (χ2n) is 4.91. The predicted octanol–water partition coefficient (Wildman–Crippen LogP) is 2.71. The quantitative estimate of drug-likeness (QED) is 0.678. The molecule has 3 rings (SSSR count). The van der Waals surface area contributed by atoms with Gasteiger partial charge in [-0.25, -0.2) is 4.39 Å². The van der Waals surface area contributed by atoms with Crippen LogP contribution in [0.15, 0.2) is 24.3 Å². The minimum Gasteiger partial charge on any atom is -0.364 e. The molecule has 0 unspecified atom stereocenters. The molecule has 0 amide bonds. The topological polar surface area (TPSA) is 98.5 Å². The predicted molar refractivity (Wildman–Crippen MR) is 88.5 cm³/mol. The number of benzene rings is 1. The molecule has 0 saturated heterocycles. The van der Waals surface area contributed by atoms with E-state index in [1.807, 2.05) is 0 Å². The van der Waals surface area contributed by atoms with Gasteiger partial charge in [-0.3, -0.25) is 4.79 Å². The molecule has 2 heterocycles. The SMILES string of the molecule is CC(=O)c1nnn(-c2nc(Cl)nc(Cl)n2)c1NCc1ccc(F)cc1. The van der Waals surface area contributed by atoms with Gasteiger partial charge in [-0.15, -0.1) is 5.10 Å². The lowest BCUT2D eigenvalue weighted by atomic mass is 10.2. The highest BCUT2D eigenvalue weighted by Gasteiger charge is 2.20. The van der Waals surface area contributed by atoms with Gasteiger partial charge >= 0.3 is 0 Å². The molecule has 3 aromatic rings. The Morgan fingerprint density at radius 1 is 1.16 bits per heavy atom. The van der Waals surface area contributed by atoms with E-state index in [1.54, 1.807) is 12.1 Å². The second-order valence-corrected chi connectivity index (χ2v) is 5.58. The summed E-state index contributed by atoms with van der Waals surface area (Å²) in [5, 5.41) is 10.5. The molecule has 128 valence electrons. The van der Waals surface area contributed by atoms with Gasteiger partial charge in [0.1, 0.15) is 5.82 Å². The van der Waals surface area contributed by atoms with Crippen molar-refractivity contribution in [1.29, 1.82) is 0 Å². The van der Waals surface area contributed by atoms with Crippen LogP contribution in [0.3, 0.4) is 0 Å². The number of ketones is 1. The van der Waals surface area contributed by atoms with Gasteiger partial charge in [-0.1, -0.05) is 17.3 Å². The van der Waals surface area contributed by atoms with E-state index in [2.05, 4.69) is 30.6 Å². The minimum atomic E-state index is -0.339. The molecule has 0 aliphatic heterocycles. The first-order valence-electron chi connectivity index (χ1n) is 6.96. The lowest BCUT2D eigenvalue weighted by Gasteiger charge is -2.09. The number of anilines is 1. The van der Waals surface area contributed by atoms with Gasteiger partial charge in [0.25, 0.3) is 5.95 Å². The number of halogens is 3. The molecule has 0 spiro atoms. The maximum absolute atomic E-state index is 13.0. The highest BCUT2D eigenvalue weighted by molar-refractivity contribution is 6.31. The first-order valence-corrected chi connectivity index (χ1v) is 7.72. The second kappa shape index (κ2) is 7.08. The minimum absolute atomic E-state index is 0.00612. The Labute approximate surface area is 151 Å². The molecule has 1 aromatic carbocycles. The van der Waals surface area contributed by atoms with E-state index in [9.17, 15) is 9.18 Å². The summed E-state index contributed by atoms with van der Waals surface area (Å²) >= 11 is 11.6. The van der Waals surface area contributed by atoms with Crippen molar-refractivity contribution in [3.05, 3.63) is 51.9 Å². The third kappa shape index (κ3) is 3.89. The number of nitrogens with zero attached hydrogens (tertiary/aromatic N) is 6. The molecule has 8 nitrogen and oxygen atoms in total. The summed E-state index contributed by atoms with van der Waals surface area (Å²) in [6, 6.07) is 5.90. The molecular formula is C14H10Cl2FN7O. The maximum atomic E-state index is 13.0. The molecule has 0 saturated carbocycles. The molecule has 0 radical (unpaired) electrons. The number of Topliss-reactive ketones (excluding diaryl/α,β-unsaturated/α-hetero) is 1. The third-order valence-electron chi connectivity index (χ3n) is 3.14. The van der Waals surface area contributed by atoms with Crippen LogP contribution in [0.25, 0.3) is 5.95 Å². The third-order valence-corrected chi connectivity index (χ3v) is 3.47. The zero-order valence-electron chi connectivity index (χ0n) is 12.7. The highest BCUT2D eigenvalue weighted by Crippen LogP contribution is 2.19. The van der Waals surface area contributed by atoms with Crippen molar-refractivity contribution >= 4 is 34.8 Å². The van der Waals surface area contributed by atoms with Crippen molar-refractivity contribution in [1.82, 2.24) is 29.9 Å². The summed E-state index contributed by atoms with van der Waals surface area (Å²) in [6.45, 7) is 1.64. The Morgan fingerprint density at radius 2 is 1.80 bits per heavy atom. The van der Waals surface area contributed by atoms with Crippen LogP contribution in [-0.4, -0.2) is 35.7 Å². The van der Waals surface area contributed by atoms with Crippen molar-refractivity contribution in [3.8, 4) is 5.95 Å². The average molecular weight is 382 g/mol. The van der Waals surface area contributed by atoms with Gasteiger partial charge in [0, 0.05) is 13.5 Å². The van der Waals surface area contributed by atoms with Crippen LogP contribution >= 0.6 is 23.2 Å². The van der Waals surface area contributed by atoms with E-state index in [1.165, 1.54) is 23.7 Å². The summed E-state index contributed by atoms with van der Waals surface area (Å²) in [5.74, 6) is -0.379. The Morgan fingerprint density at radius 3 is 2.40 bits per heavy atom. The summed E-state index contributed by atoms with van der Waals surface area (Å²) in [5.41, 5.74) is 0.880. The van der Waals surface area contributed by atoms with Gasteiger partial charge in [0.15, 0.2) is 17.3 Å². The fraction of sp³-hybridized carbons (Fsp3) is 0.143. The van der Waals surface area contributed by atoms with E-state index in [0.29, 0.717) is 6.54 Å². The van der Waals surface area contributed by atoms with E-state index in [4.69, 9.17) is 23.2 Å². The molecule has 0 fully saturated rings. The molecule has 2 aromatic heterocycles. The molecule has 0 aliphatic carbocycles. The number of hydrogen-bond donors (Lipinski definition) is 1. The Kier molecular flexibility index (Phi) is 4.86. The van der Waals surface area contributed by atoms with Crippen molar-refractivity contribution < 1.29 is 9.18 Å². The van der Waals surface area contributed by atoms with Crippen LogP contribution in [0.5, 0.6) is 0 Å². The molecular weight excluding hydrogens is 372 g/mol. The van der Waals surface area contributed by atoms with Crippen molar-refractivity contribution in [2.75, 3.05) is 5.32 Å². The fourth-order valence-electron chi connectivity index (χ4n) is 2.02. The number of nitrogens with one attached hydrogen (secondary N) is 1. The first kappa shape index (κ1) is 17.2. The van der Waals surface area contributed by atoms with Gasteiger partial charge in [-0.05, 0) is 40.9 Å². The van der Waals surface area contributed by atoms with Crippen LogP contribution in [-0.2, 0) is 6.54 Å². The number of hydrogen-bond acceptors (Lipinski definition) is 7. The van der Waals surface area contributed by atoms with E-state index >= 15 is 0 Å². The van der Waals surface area contributed by atoms with E-state index < -0.39 is 0 Å². The standard InChI is InChI=1S/C14H10Cl2FN7O/c1-7(25)10-11(18-6-8-2-4-9(17)5-3-8)24(23-22-10)14-20-12(15)19-13(16)21-14/h2-5,18H,6H2,1H3. The zero-order chi connectivity index (χ0) is 18.0.